The fourth-order valence-corrected chi connectivity index (χ4v) is 4.56. The first-order chi connectivity index (χ1) is 14.6. The average molecular weight is 421 g/mol. The van der Waals surface area contributed by atoms with E-state index >= 15 is 0 Å². The molecule has 1 saturated heterocycles. The van der Waals surface area contributed by atoms with Gasteiger partial charge in [0.15, 0.2) is 0 Å². The number of ether oxygens (including phenoxy) is 1. The van der Waals surface area contributed by atoms with Crippen LogP contribution in [0.3, 0.4) is 0 Å². The first-order valence-electron chi connectivity index (χ1n) is 11.1. The van der Waals surface area contributed by atoms with Crippen molar-refractivity contribution < 1.29 is 14.3 Å². The number of carbonyl (C=O) groups is 2. The van der Waals surface area contributed by atoms with Crippen LogP contribution < -0.4 is 5.32 Å². The van der Waals surface area contributed by atoms with Crippen LogP contribution in [-0.2, 0) is 4.74 Å². The SMILES string of the molecule is CC(C)c1cccc(-c2ccc3c(c2)C(=O)NC[C@@H]2CN(C(=O)OC(C)(C)C)C[C@@H]32)c1. The predicted molar refractivity (Wildman–Crippen MR) is 122 cm³/mol. The molecule has 2 aromatic rings. The second kappa shape index (κ2) is 8.03. The normalized spacial score (nSPS) is 20.7. The Bertz CT molecular complexity index is 1010. The molecule has 0 spiro atoms. The summed E-state index contributed by atoms with van der Waals surface area (Å²) in [7, 11) is 0. The van der Waals surface area contributed by atoms with Gasteiger partial charge in [-0.05, 0) is 55.0 Å². The van der Waals surface area contributed by atoms with Gasteiger partial charge in [0.1, 0.15) is 5.60 Å². The third kappa shape index (κ3) is 4.46. The van der Waals surface area contributed by atoms with Gasteiger partial charge in [0.25, 0.3) is 5.91 Å². The smallest absolute Gasteiger partial charge is 0.410 e. The summed E-state index contributed by atoms with van der Waals surface area (Å²) in [6, 6.07) is 14.7. The molecule has 2 aliphatic rings. The van der Waals surface area contributed by atoms with E-state index in [1.165, 1.54) is 5.56 Å². The summed E-state index contributed by atoms with van der Waals surface area (Å²) in [5, 5.41) is 3.07. The number of hydrogen-bond acceptors (Lipinski definition) is 3. The van der Waals surface area contributed by atoms with Crippen LogP contribution in [0.15, 0.2) is 42.5 Å². The lowest BCUT2D eigenvalue weighted by Crippen LogP contribution is -2.36. The van der Waals surface area contributed by atoms with Crippen molar-refractivity contribution >= 4 is 12.0 Å². The van der Waals surface area contributed by atoms with Gasteiger partial charge in [-0.25, -0.2) is 4.79 Å². The minimum atomic E-state index is -0.521. The van der Waals surface area contributed by atoms with Gasteiger partial charge in [-0.15, -0.1) is 0 Å². The fraction of sp³-hybridized carbons (Fsp3) is 0.462. The number of amides is 2. The monoisotopic (exact) mass is 420 g/mol. The Morgan fingerprint density at radius 1 is 1.10 bits per heavy atom. The zero-order chi connectivity index (χ0) is 22.3. The van der Waals surface area contributed by atoms with E-state index in [1.54, 1.807) is 4.90 Å². The van der Waals surface area contributed by atoms with E-state index in [0.717, 1.165) is 16.7 Å². The molecule has 0 aliphatic carbocycles. The summed E-state index contributed by atoms with van der Waals surface area (Å²) in [6.45, 7) is 11.7. The third-order valence-electron chi connectivity index (χ3n) is 6.20. The van der Waals surface area contributed by atoms with Crippen LogP contribution in [0.25, 0.3) is 11.1 Å². The number of nitrogens with zero attached hydrogens (tertiary/aromatic N) is 1. The van der Waals surface area contributed by atoms with Gasteiger partial charge in [-0.2, -0.15) is 0 Å². The summed E-state index contributed by atoms with van der Waals surface area (Å²) in [4.78, 5) is 27.3. The van der Waals surface area contributed by atoms with Gasteiger partial charge in [-0.1, -0.05) is 50.2 Å². The quantitative estimate of drug-likeness (QED) is 0.729. The van der Waals surface area contributed by atoms with Crippen molar-refractivity contribution in [3.8, 4) is 11.1 Å². The maximum absolute atomic E-state index is 12.9. The maximum atomic E-state index is 12.9. The molecule has 0 saturated carbocycles. The number of fused-ring (bicyclic) bond motifs is 3. The molecule has 2 aromatic carbocycles. The fourth-order valence-electron chi connectivity index (χ4n) is 4.56. The van der Waals surface area contributed by atoms with Gasteiger partial charge < -0.3 is 15.0 Å². The van der Waals surface area contributed by atoms with Crippen molar-refractivity contribution in [1.29, 1.82) is 0 Å². The topological polar surface area (TPSA) is 58.6 Å². The highest BCUT2D eigenvalue weighted by molar-refractivity contribution is 5.97. The molecule has 1 N–H and O–H groups in total. The minimum absolute atomic E-state index is 0.0323. The summed E-state index contributed by atoms with van der Waals surface area (Å²) in [6.07, 6.45) is -0.282. The van der Waals surface area contributed by atoms with Crippen LogP contribution in [0, 0.1) is 5.92 Å². The molecule has 164 valence electrons. The van der Waals surface area contributed by atoms with Crippen molar-refractivity contribution in [1.82, 2.24) is 10.2 Å². The Morgan fingerprint density at radius 2 is 1.84 bits per heavy atom. The Morgan fingerprint density at radius 3 is 2.55 bits per heavy atom. The van der Waals surface area contributed by atoms with Gasteiger partial charge in [-0.3, -0.25) is 4.79 Å². The first-order valence-corrected chi connectivity index (χ1v) is 11.1. The number of carbonyl (C=O) groups excluding carboxylic acids is 2. The molecule has 2 amide bonds. The lowest BCUT2D eigenvalue weighted by atomic mass is 9.86. The highest BCUT2D eigenvalue weighted by Crippen LogP contribution is 2.38. The Hall–Kier alpha value is -2.82. The van der Waals surface area contributed by atoms with Crippen molar-refractivity contribution in [2.24, 2.45) is 5.92 Å². The molecule has 0 aromatic heterocycles. The van der Waals surface area contributed by atoms with E-state index < -0.39 is 5.60 Å². The molecule has 5 nitrogen and oxygen atoms in total. The molecule has 2 atom stereocenters. The molecule has 2 aliphatic heterocycles. The Labute approximate surface area is 184 Å². The van der Waals surface area contributed by atoms with Gasteiger partial charge >= 0.3 is 6.09 Å². The first kappa shape index (κ1) is 21.4. The highest BCUT2D eigenvalue weighted by atomic mass is 16.6. The van der Waals surface area contributed by atoms with Crippen molar-refractivity contribution in [2.75, 3.05) is 19.6 Å². The molecule has 5 heteroatoms. The van der Waals surface area contributed by atoms with Crippen molar-refractivity contribution in [3.05, 3.63) is 59.2 Å². The van der Waals surface area contributed by atoms with Crippen LogP contribution in [0.5, 0.6) is 0 Å². The third-order valence-corrected chi connectivity index (χ3v) is 6.20. The molecular formula is C26H32N2O3. The van der Waals surface area contributed by atoms with Crippen LogP contribution in [0.1, 0.15) is 67.9 Å². The standard InChI is InChI=1S/C26H32N2O3/c1-16(2)17-7-6-8-18(11-17)19-9-10-21-22(12-19)24(29)27-13-20-14-28(15-23(20)21)25(30)31-26(3,4)5/h6-12,16,20,23H,13-15H2,1-5H3,(H,27,29)/t20-,23-/m1/s1. The van der Waals surface area contributed by atoms with Crippen LogP contribution in [0.2, 0.25) is 0 Å². The van der Waals surface area contributed by atoms with Gasteiger partial charge in [0.05, 0.1) is 0 Å². The lowest BCUT2D eigenvalue weighted by molar-refractivity contribution is 0.0287. The van der Waals surface area contributed by atoms with E-state index in [-0.39, 0.29) is 23.8 Å². The Balaban J connectivity index is 1.64. The minimum Gasteiger partial charge on any atom is -0.444 e. The zero-order valence-corrected chi connectivity index (χ0v) is 19.1. The molecule has 4 rings (SSSR count). The van der Waals surface area contributed by atoms with Crippen LogP contribution in [-0.4, -0.2) is 42.1 Å². The van der Waals surface area contributed by atoms with Crippen molar-refractivity contribution in [2.45, 2.75) is 52.1 Å². The summed E-state index contributed by atoms with van der Waals surface area (Å²) >= 11 is 0. The Kier molecular flexibility index (Phi) is 5.54. The van der Waals surface area contributed by atoms with E-state index in [1.807, 2.05) is 26.8 Å². The highest BCUT2D eigenvalue weighted by Gasteiger charge is 2.41. The van der Waals surface area contributed by atoms with E-state index in [0.29, 0.717) is 31.1 Å². The molecule has 31 heavy (non-hydrogen) atoms. The van der Waals surface area contributed by atoms with E-state index in [2.05, 4.69) is 55.6 Å². The predicted octanol–water partition coefficient (Wildman–Crippen LogP) is 5.17. The lowest BCUT2D eigenvalue weighted by Gasteiger charge is -2.24. The molecule has 0 bridgehead atoms. The molecular weight excluding hydrogens is 388 g/mol. The largest absolute Gasteiger partial charge is 0.444 e. The second-order valence-electron chi connectivity index (χ2n) is 10.0. The molecule has 1 fully saturated rings. The van der Waals surface area contributed by atoms with E-state index in [9.17, 15) is 9.59 Å². The van der Waals surface area contributed by atoms with Gasteiger partial charge in [0, 0.05) is 37.0 Å². The van der Waals surface area contributed by atoms with E-state index in [4.69, 9.17) is 4.74 Å². The summed E-state index contributed by atoms with van der Waals surface area (Å²) < 4.78 is 5.58. The summed E-state index contributed by atoms with van der Waals surface area (Å²) in [5.74, 6) is 0.725. The maximum Gasteiger partial charge on any atom is 0.410 e. The summed E-state index contributed by atoms with van der Waals surface area (Å²) in [5.41, 5.74) is 4.65. The molecule has 0 unspecified atom stereocenters. The average Bonchev–Trinajstić information content (AvgIpc) is 3.09. The van der Waals surface area contributed by atoms with Crippen LogP contribution in [0.4, 0.5) is 4.79 Å². The van der Waals surface area contributed by atoms with Gasteiger partial charge in [0.2, 0.25) is 0 Å². The molecule has 2 heterocycles. The van der Waals surface area contributed by atoms with Crippen molar-refractivity contribution in [3.63, 3.8) is 0 Å². The zero-order valence-electron chi connectivity index (χ0n) is 19.1. The number of likely N-dealkylation sites (tertiary alicyclic amines) is 1. The second-order valence-corrected chi connectivity index (χ2v) is 10.0. The number of rotatable bonds is 2. The number of nitrogens with one attached hydrogen (secondary N) is 1. The number of benzene rings is 2. The molecule has 0 radical (unpaired) electrons. The van der Waals surface area contributed by atoms with Crippen LogP contribution >= 0.6 is 0 Å². The number of hydrogen-bond donors (Lipinski definition) is 1.